The summed E-state index contributed by atoms with van der Waals surface area (Å²) in [5.74, 6) is 2.32. The molecule has 2 fully saturated rings. The van der Waals surface area contributed by atoms with Gasteiger partial charge >= 0.3 is 6.03 Å². The average molecular weight is 526 g/mol. The number of aromatic nitrogens is 2. The Labute approximate surface area is 224 Å². The molecule has 4 rings (SSSR count). The lowest BCUT2D eigenvalue weighted by atomic mass is 9.84. The van der Waals surface area contributed by atoms with E-state index in [1.54, 1.807) is 29.4 Å². The number of hydrogen-bond donors (Lipinski definition) is 2. The van der Waals surface area contributed by atoms with E-state index in [0.717, 1.165) is 19.3 Å². The second kappa shape index (κ2) is 12.5. The van der Waals surface area contributed by atoms with E-state index in [4.69, 9.17) is 16.2 Å². The molecule has 2 amide bonds. The maximum atomic E-state index is 14.3. The molecule has 9 nitrogen and oxygen atoms in total. The van der Waals surface area contributed by atoms with Gasteiger partial charge in [0.25, 0.3) is 0 Å². The van der Waals surface area contributed by atoms with Crippen molar-refractivity contribution in [3.63, 3.8) is 0 Å². The van der Waals surface area contributed by atoms with Crippen LogP contribution in [-0.4, -0.2) is 65.6 Å². The molecule has 2 aliphatic rings. The van der Waals surface area contributed by atoms with Crippen LogP contribution in [0.1, 0.15) is 51.5 Å². The summed E-state index contributed by atoms with van der Waals surface area (Å²) in [4.78, 5) is 29.1. The molecule has 2 saturated heterocycles. The highest BCUT2D eigenvalue weighted by molar-refractivity contribution is 5.93. The molecule has 1 aromatic carbocycles. The zero-order chi connectivity index (χ0) is 27.2. The van der Waals surface area contributed by atoms with Crippen molar-refractivity contribution < 1.29 is 13.9 Å². The number of nitrogens with two attached hydrogens (primary N) is 2. The lowest BCUT2D eigenvalue weighted by Crippen LogP contribution is -2.39. The van der Waals surface area contributed by atoms with E-state index in [1.807, 2.05) is 24.8 Å². The van der Waals surface area contributed by atoms with Crippen molar-refractivity contribution in [3.8, 4) is 5.75 Å². The lowest BCUT2D eigenvalue weighted by Gasteiger charge is -2.34. The molecule has 0 bridgehead atoms. The van der Waals surface area contributed by atoms with Gasteiger partial charge in [0.2, 0.25) is 5.95 Å². The number of nitrogens with zero attached hydrogens (tertiary/aromatic N) is 5. The van der Waals surface area contributed by atoms with Crippen LogP contribution in [-0.2, 0) is 0 Å². The number of amidine groups is 1. The number of ether oxygens (including phenoxy) is 1. The van der Waals surface area contributed by atoms with Gasteiger partial charge in [0.1, 0.15) is 11.7 Å². The summed E-state index contributed by atoms with van der Waals surface area (Å²) in [5, 5.41) is 0. The highest BCUT2D eigenvalue weighted by Crippen LogP contribution is 2.31. The number of carbonyl (C=O) groups is 1. The minimum absolute atomic E-state index is 0.0644. The highest BCUT2D eigenvalue weighted by atomic mass is 19.1. The van der Waals surface area contributed by atoms with Crippen LogP contribution in [0.15, 0.2) is 41.7 Å². The number of urea groups is 1. The normalized spacial score (nSPS) is 21.7. The third-order valence-electron chi connectivity index (χ3n) is 7.84. The summed E-state index contributed by atoms with van der Waals surface area (Å²) in [7, 11) is 0. The average Bonchev–Trinajstić information content (AvgIpc) is 3.30. The Morgan fingerprint density at radius 3 is 2.50 bits per heavy atom. The van der Waals surface area contributed by atoms with Crippen LogP contribution < -0.4 is 21.1 Å². The number of hydrogen-bond acceptors (Lipinski definition) is 6. The first-order valence-electron chi connectivity index (χ1n) is 13.6. The van der Waals surface area contributed by atoms with Crippen LogP contribution in [0.2, 0.25) is 0 Å². The summed E-state index contributed by atoms with van der Waals surface area (Å²) in [5.41, 5.74) is 12.8. The van der Waals surface area contributed by atoms with Crippen LogP contribution >= 0.6 is 0 Å². The van der Waals surface area contributed by atoms with Crippen LogP contribution in [0.5, 0.6) is 5.75 Å². The second-order valence-corrected chi connectivity index (χ2v) is 10.8. The van der Waals surface area contributed by atoms with Gasteiger partial charge in [-0.05, 0) is 42.7 Å². The first-order chi connectivity index (χ1) is 18.2. The molecule has 3 atom stereocenters. The Hall–Kier alpha value is -3.27. The molecule has 0 aliphatic carbocycles. The fourth-order valence-corrected chi connectivity index (χ4v) is 5.21. The molecule has 0 saturated carbocycles. The van der Waals surface area contributed by atoms with Crippen molar-refractivity contribution in [2.75, 3.05) is 37.7 Å². The topological polar surface area (TPSA) is 123 Å². The summed E-state index contributed by atoms with van der Waals surface area (Å²) >= 11 is 0. The van der Waals surface area contributed by atoms with E-state index in [2.05, 4.69) is 21.9 Å². The molecule has 3 heterocycles. The molecule has 0 spiro atoms. The van der Waals surface area contributed by atoms with Crippen molar-refractivity contribution >= 4 is 17.8 Å². The van der Waals surface area contributed by atoms with Gasteiger partial charge < -0.3 is 26.0 Å². The lowest BCUT2D eigenvalue weighted by molar-refractivity contribution is 0.149. The molecular formula is C28H40FN7O2. The molecule has 2 aliphatic heterocycles. The molecule has 38 heavy (non-hydrogen) atoms. The molecule has 206 valence electrons. The van der Waals surface area contributed by atoms with Crippen molar-refractivity contribution in [2.24, 2.45) is 34.2 Å². The third-order valence-corrected chi connectivity index (χ3v) is 7.84. The SMILES string of the molecule is CC(C)C(N)=NC(=O)N1CCC(C(C)CCOc2cnc(N3CC(N)C(c4ccccc4F)C3)nc2)CC1. The third kappa shape index (κ3) is 6.78. The Morgan fingerprint density at radius 2 is 1.84 bits per heavy atom. The predicted octanol–water partition coefficient (Wildman–Crippen LogP) is 3.80. The van der Waals surface area contributed by atoms with Crippen LogP contribution in [0, 0.1) is 23.6 Å². The van der Waals surface area contributed by atoms with E-state index in [-0.39, 0.29) is 29.7 Å². The van der Waals surface area contributed by atoms with Gasteiger partial charge in [-0.25, -0.2) is 19.2 Å². The van der Waals surface area contributed by atoms with Gasteiger partial charge in [-0.3, -0.25) is 0 Å². The minimum atomic E-state index is -0.229. The van der Waals surface area contributed by atoms with Crippen molar-refractivity contribution in [3.05, 3.63) is 48.0 Å². The van der Waals surface area contributed by atoms with Crippen molar-refractivity contribution in [2.45, 2.75) is 52.0 Å². The van der Waals surface area contributed by atoms with Crippen LogP contribution in [0.25, 0.3) is 0 Å². The largest absolute Gasteiger partial charge is 0.490 e. The van der Waals surface area contributed by atoms with E-state index < -0.39 is 0 Å². The molecular weight excluding hydrogens is 485 g/mol. The number of amides is 2. The maximum Gasteiger partial charge on any atom is 0.345 e. The summed E-state index contributed by atoms with van der Waals surface area (Å²) in [6, 6.07) is 6.37. The van der Waals surface area contributed by atoms with Gasteiger partial charge in [0.05, 0.1) is 19.0 Å². The minimum Gasteiger partial charge on any atom is -0.490 e. The molecule has 3 unspecified atom stereocenters. The molecule has 1 aromatic heterocycles. The maximum absolute atomic E-state index is 14.3. The van der Waals surface area contributed by atoms with E-state index in [1.165, 1.54) is 6.07 Å². The van der Waals surface area contributed by atoms with E-state index >= 15 is 0 Å². The fourth-order valence-electron chi connectivity index (χ4n) is 5.21. The fraction of sp³-hybridized carbons (Fsp3) is 0.571. The summed E-state index contributed by atoms with van der Waals surface area (Å²) in [6.07, 6.45) is 6.18. The Balaban J connectivity index is 1.20. The number of carbonyl (C=O) groups excluding carboxylic acids is 1. The van der Waals surface area contributed by atoms with E-state index in [0.29, 0.717) is 67.7 Å². The first kappa shape index (κ1) is 27.8. The molecule has 4 N–H and O–H groups in total. The van der Waals surface area contributed by atoms with Crippen LogP contribution in [0.4, 0.5) is 15.1 Å². The zero-order valence-electron chi connectivity index (χ0n) is 22.6. The quantitative estimate of drug-likeness (QED) is 0.397. The zero-order valence-corrected chi connectivity index (χ0v) is 22.6. The monoisotopic (exact) mass is 525 g/mol. The molecule has 2 aromatic rings. The standard InChI is InChI=1S/C28H40FN7O2/c1-18(2)26(31)34-28(37)35-11-8-20(9-12-35)19(3)10-13-38-21-14-32-27(33-15-21)36-16-23(25(30)17-36)22-6-4-5-7-24(22)29/h4-7,14-15,18-20,23,25H,8-13,16-17,30H2,1-3H3,(H2,31,34,37). The first-order valence-corrected chi connectivity index (χ1v) is 13.6. The van der Waals surface area contributed by atoms with Crippen molar-refractivity contribution in [1.82, 2.24) is 14.9 Å². The Morgan fingerprint density at radius 1 is 1.16 bits per heavy atom. The number of anilines is 1. The van der Waals surface area contributed by atoms with Gasteiger partial charge in [-0.1, -0.05) is 39.0 Å². The highest BCUT2D eigenvalue weighted by Gasteiger charge is 2.34. The number of benzene rings is 1. The van der Waals surface area contributed by atoms with Crippen molar-refractivity contribution in [1.29, 1.82) is 0 Å². The van der Waals surface area contributed by atoms with E-state index in [9.17, 15) is 9.18 Å². The predicted molar refractivity (Wildman–Crippen MR) is 147 cm³/mol. The van der Waals surface area contributed by atoms with Crippen LogP contribution in [0.3, 0.4) is 0 Å². The molecule has 0 radical (unpaired) electrons. The summed E-state index contributed by atoms with van der Waals surface area (Å²) < 4.78 is 20.2. The van der Waals surface area contributed by atoms with Gasteiger partial charge in [0.15, 0.2) is 5.75 Å². The van der Waals surface area contributed by atoms with Gasteiger partial charge in [-0.2, -0.15) is 4.99 Å². The summed E-state index contributed by atoms with van der Waals surface area (Å²) in [6.45, 7) is 9.21. The van der Waals surface area contributed by atoms with Gasteiger partial charge in [0, 0.05) is 44.1 Å². The Kier molecular flexibility index (Phi) is 9.14. The second-order valence-electron chi connectivity index (χ2n) is 10.8. The smallest absolute Gasteiger partial charge is 0.345 e. The number of rotatable bonds is 8. The number of piperidine rings is 1. The van der Waals surface area contributed by atoms with Gasteiger partial charge in [-0.15, -0.1) is 0 Å². The Bertz CT molecular complexity index is 1100. The molecule has 10 heteroatoms. The number of aliphatic imine (C=N–C) groups is 1. The number of halogens is 1. The number of likely N-dealkylation sites (tertiary alicyclic amines) is 1.